The lowest BCUT2D eigenvalue weighted by Gasteiger charge is -2.34. The number of hydrogen-bond donors (Lipinski definition) is 1. The van der Waals surface area contributed by atoms with E-state index in [1.165, 1.54) is 10.6 Å². The SMILES string of the molecule is CCCC(=N)N1CCN(S(C)(=O)=O)CC1. The highest BCUT2D eigenvalue weighted by Crippen LogP contribution is 2.08. The van der Waals surface area contributed by atoms with E-state index in [4.69, 9.17) is 5.41 Å². The van der Waals surface area contributed by atoms with E-state index in [1.807, 2.05) is 11.8 Å². The molecular formula is C9H19N3O2S. The highest BCUT2D eigenvalue weighted by molar-refractivity contribution is 7.88. The number of nitrogens with zero attached hydrogens (tertiary/aromatic N) is 2. The van der Waals surface area contributed by atoms with E-state index in [1.54, 1.807) is 0 Å². The zero-order valence-corrected chi connectivity index (χ0v) is 10.2. The summed E-state index contributed by atoms with van der Waals surface area (Å²) in [4.78, 5) is 1.96. The van der Waals surface area contributed by atoms with Crippen molar-refractivity contribution in [3.63, 3.8) is 0 Å². The Kier molecular flexibility index (Phi) is 4.10. The molecule has 0 radical (unpaired) electrons. The third-order valence-corrected chi connectivity index (χ3v) is 3.88. The molecule has 1 N–H and O–H groups in total. The van der Waals surface area contributed by atoms with Gasteiger partial charge in [0.1, 0.15) is 0 Å². The molecule has 0 aliphatic carbocycles. The average molecular weight is 233 g/mol. The number of rotatable bonds is 3. The topological polar surface area (TPSA) is 64.5 Å². The Morgan fingerprint density at radius 3 is 2.20 bits per heavy atom. The van der Waals surface area contributed by atoms with Crippen molar-refractivity contribution >= 4 is 15.9 Å². The first-order valence-electron chi connectivity index (χ1n) is 5.22. The maximum Gasteiger partial charge on any atom is 0.211 e. The molecule has 1 saturated heterocycles. The van der Waals surface area contributed by atoms with Gasteiger partial charge in [0.25, 0.3) is 0 Å². The van der Waals surface area contributed by atoms with Gasteiger partial charge in [-0.2, -0.15) is 4.31 Å². The molecule has 0 unspecified atom stereocenters. The van der Waals surface area contributed by atoms with Gasteiger partial charge >= 0.3 is 0 Å². The Balaban J connectivity index is 2.46. The van der Waals surface area contributed by atoms with Gasteiger partial charge in [-0.25, -0.2) is 8.42 Å². The van der Waals surface area contributed by atoms with Gasteiger partial charge in [-0.3, -0.25) is 5.41 Å². The summed E-state index contributed by atoms with van der Waals surface area (Å²) in [6.07, 6.45) is 2.98. The molecular weight excluding hydrogens is 214 g/mol. The molecule has 0 amide bonds. The summed E-state index contributed by atoms with van der Waals surface area (Å²) in [6, 6.07) is 0. The summed E-state index contributed by atoms with van der Waals surface area (Å²) < 4.78 is 24.0. The van der Waals surface area contributed by atoms with Crippen LogP contribution in [-0.2, 0) is 10.0 Å². The lowest BCUT2D eigenvalue weighted by atomic mass is 10.2. The molecule has 5 nitrogen and oxygen atoms in total. The van der Waals surface area contributed by atoms with E-state index in [9.17, 15) is 8.42 Å². The molecule has 0 aromatic rings. The Hall–Kier alpha value is -0.620. The largest absolute Gasteiger partial charge is 0.358 e. The van der Waals surface area contributed by atoms with Crippen LogP contribution in [0.2, 0.25) is 0 Å². The van der Waals surface area contributed by atoms with Crippen molar-refractivity contribution in [3.05, 3.63) is 0 Å². The smallest absolute Gasteiger partial charge is 0.211 e. The van der Waals surface area contributed by atoms with Crippen LogP contribution in [-0.4, -0.2) is 55.9 Å². The average Bonchev–Trinajstić information content (AvgIpc) is 2.17. The fraction of sp³-hybridized carbons (Fsp3) is 0.889. The first-order valence-corrected chi connectivity index (χ1v) is 7.07. The monoisotopic (exact) mass is 233 g/mol. The Morgan fingerprint density at radius 1 is 1.27 bits per heavy atom. The highest BCUT2D eigenvalue weighted by atomic mass is 32.2. The molecule has 1 aliphatic rings. The van der Waals surface area contributed by atoms with E-state index < -0.39 is 10.0 Å². The lowest BCUT2D eigenvalue weighted by molar-refractivity contribution is 0.263. The maximum absolute atomic E-state index is 11.2. The summed E-state index contributed by atoms with van der Waals surface area (Å²) in [7, 11) is -3.05. The van der Waals surface area contributed by atoms with Gasteiger partial charge in [-0.05, 0) is 6.42 Å². The number of piperazine rings is 1. The minimum Gasteiger partial charge on any atom is -0.358 e. The molecule has 0 atom stereocenters. The normalized spacial score (nSPS) is 19.2. The number of sulfonamides is 1. The maximum atomic E-state index is 11.2. The minimum absolute atomic E-state index is 0.505. The molecule has 6 heteroatoms. The Bertz CT molecular complexity index is 318. The van der Waals surface area contributed by atoms with Gasteiger partial charge in [-0.15, -0.1) is 0 Å². The van der Waals surface area contributed by atoms with Crippen molar-refractivity contribution in [2.75, 3.05) is 32.4 Å². The van der Waals surface area contributed by atoms with E-state index >= 15 is 0 Å². The van der Waals surface area contributed by atoms with Crippen molar-refractivity contribution in [2.24, 2.45) is 0 Å². The van der Waals surface area contributed by atoms with Gasteiger partial charge in [0.05, 0.1) is 12.1 Å². The van der Waals surface area contributed by atoms with Gasteiger partial charge in [0.15, 0.2) is 0 Å². The van der Waals surface area contributed by atoms with Crippen LogP contribution in [0.5, 0.6) is 0 Å². The van der Waals surface area contributed by atoms with Crippen LogP contribution in [0.15, 0.2) is 0 Å². The lowest BCUT2D eigenvalue weighted by Crippen LogP contribution is -2.50. The quantitative estimate of drug-likeness (QED) is 0.565. The molecule has 15 heavy (non-hydrogen) atoms. The predicted molar refractivity (Wildman–Crippen MR) is 60.6 cm³/mol. The molecule has 88 valence electrons. The zero-order chi connectivity index (χ0) is 11.5. The van der Waals surface area contributed by atoms with Crippen molar-refractivity contribution in [1.29, 1.82) is 5.41 Å². The number of amidine groups is 1. The zero-order valence-electron chi connectivity index (χ0n) is 9.36. The van der Waals surface area contributed by atoms with Crippen molar-refractivity contribution in [1.82, 2.24) is 9.21 Å². The Morgan fingerprint density at radius 2 is 1.80 bits per heavy atom. The molecule has 0 spiro atoms. The van der Waals surface area contributed by atoms with Gasteiger partial charge in [0.2, 0.25) is 10.0 Å². The van der Waals surface area contributed by atoms with E-state index in [2.05, 4.69) is 0 Å². The molecule has 0 saturated carbocycles. The van der Waals surface area contributed by atoms with Crippen LogP contribution in [0.4, 0.5) is 0 Å². The van der Waals surface area contributed by atoms with Crippen LogP contribution in [0.3, 0.4) is 0 Å². The van der Waals surface area contributed by atoms with E-state index in [0.29, 0.717) is 32.0 Å². The summed E-state index contributed by atoms with van der Waals surface area (Å²) >= 11 is 0. The van der Waals surface area contributed by atoms with Crippen LogP contribution in [0.1, 0.15) is 19.8 Å². The fourth-order valence-corrected chi connectivity index (χ4v) is 2.51. The molecule has 1 rings (SSSR count). The standard InChI is InChI=1S/C9H19N3O2S/c1-3-4-9(10)11-5-7-12(8-6-11)15(2,13)14/h10H,3-8H2,1-2H3. The minimum atomic E-state index is -3.05. The number of hydrogen-bond acceptors (Lipinski definition) is 3. The second kappa shape index (κ2) is 4.94. The van der Waals surface area contributed by atoms with E-state index in [-0.39, 0.29) is 0 Å². The fourth-order valence-electron chi connectivity index (χ4n) is 1.68. The highest BCUT2D eigenvalue weighted by Gasteiger charge is 2.23. The summed E-state index contributed by atoms with van der Waals surface area (Å²) in [5.74, 6) is 0.630. The number of nitrogens with one attached hydrogen (secondary N) is 1. The van der Waals surface area contributed by atoms with Crippen LogP contribution >= 0.6 is 0 Å². The molecule has 1 fully saturated rings. The first-order chi connectivity index (χ1) is 6.95. The first kappa shape index (κ1) is 12.4. The van der Waals surface area contributed by atoms with Crippen LogP contribution < -0.4 is 0 Å². The van der Waals surface area contributed by atoms with Crippen LogP contribution in [0.25, 0.3) is 0 Å². The summed E-state index contributed by atoms with van der Waals surface area (Å²) in [6.45, 7) is 4.34. The molecule has 0 bridgehead atoms. The predicted octanol–water partition coefficient (Wildman–Crippen LogP) is 0.341. The van der Waals surface area contributed by atoms with Gasteiger partial charge in [-0.1, -0.05) is 6.92 Å². The van der Waals surface area contributed by atoms with E-state index in [0.717, 1.165) is 12.8 Å². The molecule has 1 heterocycles. The third kappa shape index (κ3) is 3.46. The van der Waals surface area contributed by atoms with Crippen molar-refractivity contribution < 1.29 is 8.42 Å². The Labute approximate surface area is 91.6 Å². The summed E-state index contributed by atoms with van der Waals surface area (Å²) in [5, 5.41) is 7.76. The second-order valence-corrected chi connectivity index (χ2v) is 5.83. The molecule has 0 aromatic heterocycles. The second-order valence-electron chi connectivity index (χ2n) is 3.85. The van der Waals surface area contributed by atoms with Gasteiger partial charge < -0.3 is 4.90 Å². The molecule has 0 aromatic carbocycles. The van der Waals surface area contributed by atoms with Crippen LogP contribution in [0, 0.1) is 5.41 Å². The summed E-state index contributed by atoms with van der Waals surface area (Å²) in [5.41, 5.74) is 0. The molecule has 1 aliphatic heterocycles. The van der Waals surface area contributed by atoms with Crippen molar-refractivity contribution in [2.45, 2.75) is 19.8 Å². The van der Waals surface area contributed by atoms with Crippen molar-refractivity contribution in [3.8, 4) is 0 Å². The third-order valence-electron chi connectivity index (χ3n) is 2.58. The van der Waals surface area contributed by atoms with Gasteiger partial charge in [0, 0.05) is 32.6 Å².